The van der Waals surface area contributed by atoms with Gasteiger partial charge in [-0.2, -0.15) is 0 Å². The summed E-state index contributed by atoms with van der Waals surface area (Å²) in [4.78, 5) is 20.6. The molecule has 0 saturated heterocycles. The van der Waals surface area contributed by atoms with E-state index in [2.05, 4.69) is 0 Å². The summed E-state index contributed by atoms with van der Waals surface area (Å²) in [6.45, 7) is 0. The standard InChI is InChI=1S/C8H5BO3/c9-7-1-5(3-10)8(12)6(2-7)4-11/h1-4,12H. The SMILES string of the molecule is [B]c1cc(C=O)c(O)c(C=O)c1. The van der Waals surface area contributed by atoms with Gasteiger partial charge in [-0.25, -0.2) is 0 Å². The van der Waals surface area contributed by atoms with Gasteiger partial charge in [0.2, 0.25) is 0 Å². The molecule has 0 amide bonds. The first-order valence-corrected chi connectivity index (χ1v) is 3.22. The van der Waals surface area contributed by atoms with Crippen molar-refractivity contribution in [3.8, 4) is 5.75 Å². The number of carbonyl (C=O) groups excluding carboxylic acids is 2. The predicted octanol–water partition coefficient (Wildman–Crippen LogP) is -0.189. The molecule has 12 heavy (non-hydrogen) atoms. The van der Waals surface area contributed by atoms with E-state index in [1.807, 2.05) is 0 Å². The maximum absolute atomic E-state index is 10.3. The number of carbonyl (C=O) groups is 2. The van der Waals surface area contributed by atoms with E-state index in [0.717, 1.165) is 0 Å². The topological polar surface area (TPSA) is 54.4 Å². The van der Waals surface area contributed by atoms with Gasteiger partial charge in [0, 0.05) is 0 Å². The maximum Gasteiger partial charge on any atom is 0.153 e. The van der Waals surface area contributed by atoms with E-state index < -0.39 is 0 Å². The van der Waals surface area contributed by atoms with Gasteiger partial charge in [0.05, 0.1) is 11.1 Å². The molecule has 1 aromatic rings. The minimum atomic E-state index is -0.325. The van der Waals surface area contributed by atoms with Crippen LogP contribution in [0, 0.1) is 0 Å². The van der Waals surface area contributed by atoms with Gasteiger partial charge in [-0.3, -0.25) is 9.59 Å². The van der Waals surface area contributed by atoms with Gasteiger partial charge in [-0.05, 0) is 0 Å². The lowest BCUT2D eigenvalue weighted by Crippen LogP contribution is -2.05. The quantitative estimate of drug-likeness (QED) is 0.481. The van der Waals surface area contributed by atoms with Crippen LogP contribution in [0.2, 0.25) is 0 Å². The summed E-state index contributed by atoms with van der Waals surface area (Å²) in [6.07, 6.45) is 0.886. The summed E-state index contributed by atoms with van der Waals surface area (Å²) >= 11 is 0. The van der Waals surface area contributed by atoms with Crippen LogP contribution in [0.1, 0.15) is 20.7 Å². The summed E-state index contributed by atoms with van der Waals surface area (Å²) in [6, 6.07) is 2.60. The second-order valence-electron chi connectivity index (χ2n) is 2.28. The van der Waals surface area contributed by atoms with E-state index in [4.69, 9.17) is 7.85 Å². The number of benzene rings is 1. The van der Waals surface area contributed by atoms with E-state index in [9.17, 15) is 14.7 Å². The first kappa shape index (κ1) is 8.52. The molecule has 0 saturated carbocycles. The predicted molar refractivity (Wildman–Crippen MR) is 44.3 cm³/mol. The molecule has 2 radical (unpaired) electrons. The van der Waals surface area contributed by atoms with Crippen LogP contribution in [0.5, 0.6) is 5.75 Å². The van der Waals surface area contributed by atoms with Crippen molar-refractivity contribution in [2.24, 2.45) is 0 Å². The molecular weight excluding hydrogens is 155 g/mol. The lowest BCUT2D eigenvalue weighted by atomic mass is 9.92. The highest BCUT2D eigenvalue weighted by molar-refractivity contribution is 6.33. The van der Waals surface area contributed by atoms with Gasteiger partial charge in [-0.15, -0.1) is 0 Å². The van der Waals surface area contributed by atoms with Crippen LogP contribution in [0.4, 0.5) is 0 Å². The molecule has 0 bridgehead atoms. The number of rotatable bonds is 2. The van der Waals surface area contributed by atoms with E-state index in [1.54, 1.807) is 0 Å². The number of phenols is 1. The molecule has 0 heterocycles. The van der Waals surface area contributed by atoms with Crippen molar-refractivity contribution in [3.63, 3.8) is 0 Å². The molecule has 0 aromatic heterocycles. The molecule has 1 aromatic carbocycles. The lowest BCUT2D eigenvalue weighted by Gasteiger charge is -2.01. The zero-order chi connectivity index (χ0) is 9.14. The largest absolute Gasteiger partial charge is 0.506 e. The Morgan fingerprint density at radius 3 is 1.92 bits per heavy atom. The summed E-state index contributed by atoms with van der Waals surface area (Å²) < 4.78 is 0. The fourth-order valence-corrected chi connectivity index (χ4v) is 0.884. The first-order valence-electron chi connectivity index (χ1n) is 3.22. The Morgan fingerprint density at radius 2 is 1.58 bits per heavy atom. The molecule has 0 fully saturated rings. The van der Waals surface area contributed by atoms with Crippen LogP contribution >= 0.6 is 0 Å². The average molecular weight is 160 g/mol. The highest BCUT2D eigenvalue weighted by Crippen LogP contribution is 2.17. The second kappa shape index (κ2) is 3.22. The van der Waals surface area contributed by atoms with Crippen molar-refractivity contribution < 1.29 is 14.7 Å². The number of hydrogen-bond donors (Lipinski definition) is 1. The third kappa shape index (κ3) is 1.37. The third-order valence-electron chi connectivity index (χ3n) is 1.45. The Kier molecular flexibility index (Phi) is 2.28. The summed E-state index contributed by atoms with van der Waals surface area (Å²) in [7, 11) is 5.35. The summed E-state index contributed by atoms with van der Waals surface area (Å²) in [5.41, 5.74) is 0.325. The Labute approximate surface area is 70.4 Å². The molecule has 0 unspecified atom stereocenters. The number of aldehydes is 2. The van der Waals surface area contributed by atoms with Gasteiger partial charge in [0.15, 0.2) is 12.6 Å². The minimum absolute atomic E-state index is 0.0251. The van der Waals surface area contributed by atoms with Crippen molar-refractivity contribution >= 4 is 25.9 Å². The Balaban J connectivity index is 3.41. The third-order valence-corrected chi connectivity index (χ3v) is 1.45. The van der Waals surface area contributed by atoms with Crippen molar-refractivity contribution in [1.82, 2.24) is 0 Å². The normalized spacial score (nSPS) is 9.33. The van der Waals surface area contributed by atoms with Crippen LogP contribution in [-0.2, 0) is 0 Å². The monoisotopic (exact) mass is 160 g/mol. The van der Waals surface area contributed by atoms with E-state index in [-0.39, 0.29) is 22.3 Å². The van der Waals surface area contributed by atoms with Crippen molar-refractivity contribution in [1.29, 1.82) is 0 Å². The summed E-state index contributed by atoms with van der Waals surface area (Å²) in [5, 5.41) is 9.20. The molecule has 1 rings (SSSR count). The highest BCUT2D eigenvalue weighted by atomic mass is 16.3. The zero-order valence-electron chi connectivity index (χ0n) is 6.15. The fourth-order valence-electron chi connectivity index (χ4n) is 0.884. The molecule has 58 valence electrons. The van der Waals surface area contributed by atoms with Crippen LogP contribution in [0.3, 0.4) is 0 Å². The minimum Gasteiger partial charge on any atom is -0.506 e. The lowest BCUT2D eigenvalue weighted by molar-refractivity contribution is 0.112. The number of aromatic hydroxyl groups is 1. The smallest absolute Gasteiger partial charge is 0.153 e. The molecular formula is C8H5BO3. The number of hydrogen-bond acceptors (Lipinski definition) is 3. The Morgan fingerprint density at radius 1 is 1.17 bits per heavy atom. The molecule has 0 aliphatic heterocycles. The average Bonchev–Trinajstić information content (AvgIpc) is 2.08. The first-order chi connectivity index (χ1) is 5.69. The Bertz CT molecular complexity index is 304. The maximum atomic E-state index is 10.3. The van der Waals surface area contributed by atoms with Crippen molar-refractivity contribution in [2.75, 3.05) is 0 Å². The highest BCUT2D eigenvalue weighted by Gasteiger charge is 2.05. The zero-order valence-corrected chi connectivity index (χ0v) is 6.15. The van der Waals surface area contributed by atoms with Gasteiger partial charge >= 0.3 is 0 Å². The second-order valence-corrected chi connectivity index (χ2v) is 2.28. The van der Waals surface area contributed by atoms with Gasteiger partial charge in [0.1, 0.15) is 13.6 Å². The molecule has 3 nitrogen and oxygen atoms in total. The molecule has 0 aliphatic rings. The van der Waals surface area contributed by atoms with Gasteiger partial charge in [0.25, 0.3) is 0 Å². The molecule has 4 heteroatoms. The van der Waals surface area contributed by atoms with Crippen LogP contribution in [-0.4, -0.2) is 25.5 Å². The Hall–Kier alpha value is -1.58. The van der Waals surface area contributed by atoms with E-state index in [0.29, 0.717) is 12.6 Å². The number of phenolic OH excluding ortho intramolecular Hbond substituents is 1. The molecule has 1 N–H and O–H groups in total. The van der Waals surface area contributed by atoms with E-state index >= 15 is 0 Å². The molecule has 0 atom stereocenters. The van der Waals surface area contributed by atoms with E-state index in [1.165, 1.54) is 12.1 Å². The summed E-state index contributed by atoms with van der Waals surface area (Å²) in [5.74, 6) is -0.325. The van der Waals surface area contributed by atoms with Crippen molar-refractivity contribution in [2.45, 2.75) is 0 Å². The van der Waals surface area contributed by atoms with Crippen molar-refractivity contribution in [3.05, 3.63) is 23.3 Å². The fraction of sp³-hybridized carbons (Fsp3) is 0. The van der Waals surface area contributed by atoms with Crippen LogP contribution in [0.25, 0.3) is 0 Å². The molecule has 0 aliphatic carbocycles. The van der Waals surface area contributed by atoms with Gasteiger partial charge in [-0.1, -0.05) is 17.6 Å². The van der Waals surface area contributed by atoms with Crippen LogP contribution < -0.4 is 5.46 Å². The molecule has 0 spiro atoms. The van der Waals surface area contributed by atoms with Crippen LogP contribution in [0.15, 0.2) is 12.1 Å². The van der Waals surface area contributed by atoms with Gasteiger partial charge < -0.3 is 5.11 Å².